The number of aryl methyl sites for hydroxylation is 1. The summed E-state index contributed by atoms with van der Waals surface area (Å²) in [6, 6.07) is 16.4. The summed E-state index contributed by atoms with van der Waals surface area (Å²) in [6.45, 7) is 17.9. The summed E-state index contributed by atoms with van der Waals surface area (Å²) in [5, 5.41) is 36.4. The molecule has 4 N–H and O–H groups in total. The van der Waals surface area contributed by atoms with Gasteiger partial charge in [-0.15, -0.1) is 0 Å². The van der Waals surface area contributed by atoms with Crippen molar-refractivity contribution >= 4 is 41.1 Å². The number of halogens is 1. The third kappa shape index (κ3) is 16.5. The molecule has 2 saturated carbocycles. The number of hydrogen-bond donors (Lipinski definition) is 4. The van der Waals surface area contributed by atoms with Crippen molar-refractivity contribution in [1.82, 2.24) is 45.3 Å². The minimum atomic E-state index is -1.22. The first-order valence-corrected chi connectivity index (χ1v) is 24.6. The average molecular weight is 1120 g/mol. The molecule has 0 radical (unpaired) electrons. The van der Waals surface area contributed by atoms with Crippen molar-refractivity contribution < 1.29 is 74.1 Å². The van der Waals surface area contributed by atoms with Crippen LogP contribution < -0.4 is 21.1 Å². The SMILES string of the molecule is [CH2-]C(=O)CN1CCN(CC(=O)[O-])CCN(CC(=O)O)CCN(CC(=O)NCCCCCNCc2ccc(Cn3nc(C(=O)NC4C5(C)CCC(C5)C4(C)C)cc3-c3ccc(Cl)c(C)c3)cc2)CC1.[Gd]. The van der Waals surface area contributed by atoms with Gasteiger partial charge in [-0.25, -0.2) is 0 Å². The van der Waals surface area contributed by atoms with Gasteiger partial charge in [0.05, 0.1) is 31.3 Å². The van der Waals surface area contributed by atoms with Crippen LogP contribution in [0.15, 0.2) is 48.5 Å². The summed E-state index contributed by atoms with van der Waals surface area (Å²) < 4.78 is 1.92. The minimum Gasteiger partial charge on any atom is -0.549 e. The topological polar surface area (TPSA) is 196 Å². The summed E-state index contributed by atoms with van der Waals surface area (Å²) >= 11 is 6.40. The zero-order valence-electron chi connectivity index (χ0n) is 40.8. The first-order chi connectivity index (χ1) is 32.4. The Balaban J connectivity index is 0.00000888. The van der Waals surface area contributed by atoms with Gasteiger partial charge in [-0.05, 0) is 97.2 Å². The van der Waals surface area contributed by atoms with Crippen LogP contribution in [-0.2, 0) is 32.3 Å². The van der Waals surface area contributed by atoms with Crippen molar-refractivity contribution in [1.29, 1.82) is 0 Å². The number of nitrogens with one attached hydrogen (secondary N) is 3. The number of carbonyl (C=O) groups excluding carboxylic acids is 4. The van der Waals surface area contributed by atoms with Gasteiger partial charge < -0.3 is 42.7 Å². The second kappa shape index (κ2) is 26.3. The number of ketones is 1. The van der Waals surface area contributed by atoms with Crippen LogP contribution in [0.3, 0.4) is 0 Å². The van der Waals surface area contributed by atoms with Crippen molar-refractivity contribution in [2.45, 2.75) is 85.4 Å². The maximum Gasteiger partial charge on any atom is 0.317 e. The number of aliphatic carboxylic acids is 2. The number of carboxylic acids is 2. The van der Waals surface area contributed by atoms with Gasteiger partial charge in [-0.2, -0.15) is 5.10 Å². The number of carboxylic acid groups (broad SMARTS) is 2. The molecule has 2 aromatic carbocycles. The Morgan fingerprint density at radius 3 is 1.99 bits per heavy atom. The van der Waals surface area contributed by atoms with Crippen LogP contribution in [-0.4, -0.2) is 162 Å². The predicted molar refractivity (Wildman–Crippen MR) is 261 cm³/mol. The number of amides is 2. The standard InChI is InChI=1S/C51H73ClN9O7.Gd/c1-36-27-40(13-14-42(36)52)44-28-43(48(68)55-49-50(3,4)41-15-16-51(49,5)29-41)56-61(44)32-39-11-9-38(10-12-39)30-53-17-7-6-8-18-54-45(63)33-58-21-19-57(31-37(2)62)20-23-59(34-46(64)65)25-26-60(24-22-58)35-47(66)67;/h9-14,27-28,41,49,53H,2,6-8,15-26,29-35H2,1,3-5H3,(H,54,63)(H,55,68)(H,64,65)(H,66,67);/q-1;/p-1. The summed E-state index contributed by atoms with van der Waals surface area (Å²) in [7, 11) is 0. The Hall–Kier alpha value is -3.52. The second-order valence-electron chi connectivity index (χ2n) is 20.2. The molecule has 2 heterocycles. The molecule has 6 rings (SSSR count). The monoisotopic (exact) mass is 1120 g/mol. The molecule has 3 unspecified atom stereocenters. The summed E-state index contributed by atoms with van der Waals surface area (Å²) in [5.74, 6) is -2.10. The van der Waals surface area contributed by atoms with E-state index in [0.717, 1.165) is 66.6 Å². The van der Waals surface area contributed by atoms with Crippen LogP contribution in [0.1, 0.15) is 86.5 Å². The first kappa shape index (κ1) is 56.4. The molecule has 2 aliphatic carbocycles. The van der Waals surface area contributed by atoms with E-state index in [1.165, 1.54) is 6.42 Å². The second-order valence-corrected chi connectivity index (χ2v) is 20.6. The van der Waals surface area contributed by atoms with Crippen LogP contribution >= 0.6 is 11.6 Å². The molecule has 0 spiro atoms. The number of fused-ring (bicyclic) bond motifs is 2. The fourth-order valence-electron chi connectivity index (χ4n) is 10.6. The Morgan fingerprint density at radius 2 is 1.41 bits per heavy atom. The van der Waals surface area contributed by atoms with E-state index in [2.05, 4.69) is 67.9 Å². The van der Waals surface area contributed by atoms with Crippen LogP contribution in [0.2, 0.25) is 5.02 Å². The summed E-state index contributed by atoms with van der Waals surface area (Å²) in [4.78, 5) is 69.1. The average Bonchev–Trinajstić information content (AvgIpc) is 3.94. The predicted octanol–water partition coefficient (Wildman–Crippen LogP) is 3.34. The van der Waals surface area contributed by atoms with E-state index in [1.54, 1.807) is 9.80 Å². The third-order valence-corrected chi connectivity index (χ3v) is 14.9. The van der Waals surface area contributed by atoms with Crippen molar-refractivity contribution in [3.8, 4) is 11.3 Å². The minimum absolute atomic E-state index is 0. The van der Waals surface area contributed by atoms with Gasteiger partial charge in [0.1, 0.15) is 0 Å². The number of unbranched alkanes of at least 4 members (excludes halogenated alkanes) is 2. The molecular weight excluding hydrogens is 1040 g/mol. The Labute approximate surface area is 445 Å². The molecule has 3 aromatic rings. The van der Waals surface area contributed by atoms with Crippen LogP contribution in [0.5, 0.6) is 0 Å². The van der Waals surface area contributed by atoms with Crippen molar-refractivity contribution in [3.63, 3.8) is 0 Å². The van der Waals surface area contributed by atoms with Crippen molar-refractivity contribution in [2.75, 3.05) is 91.6 Å². The number of nitrogens with zero attached hydrogens (tertiary/aromatic N) is 6. The first-order valence-electron chi connectivity index (χ1n) is 24.2. The van der Waals surface area contributed by atoms with Gasteiger partial charge in [0.15, 0.2) is 5.69 Å². The summed E-state index contributed by atoms with van der Waals surface area (Å²) in [6.07, 6.45) is 6.21. The number of rotatable bonds is 21. The smallest absolute Gasteiger partial charge is 0.317 e. The van der Waals surface area contributed by atoms with E-state index < -0.39 is 11.9 Å². The van der Waals surface area contributed by atoms with E-state index >= 15 is 0 Å². The van der Waals surface area contributed by atoms with Crippen LogP contribution in [0.4, 0.5) is 0 Å². The van der Waals surface area contributed by atoms with Gasteiger partial charge in [0.2, 0.25) is 5.91 Å². The molecule has 18 heteroatoms. The number of carbonyl (C=O) groups is 5. The molecule has 3 aliphatic rings. The van der Waals surface area contributed by atoms with Gasteiger partial charge in [0, 0.05) is 141 Å². The van der Waals surface area contributed by atoms with Gasteiger partial charge in [-0.1, -0.05) is 69.1 Å². The molecule has 69 heavy (non-hydrogen) atoms. The van der Waals surface area contributed by atoms with Crippen molar-refractivity contribution in [2.24, 2.45) is 16.7 Å². The van der Waals surface area contributed by atoms with E-state index in [4.69, 9.17) is 16.7 Å². The van der Waals surface area contributed by atoms with Crippen molar-refractivity contribution in [3.05, 3.63) is 82.9 Å². The van der Waals surface area contributed by atoms with E-state index in [1.807, 2.05) is 45.7 Å². The molecule has 3 atom stereocenters. The number of benzene rings is 2. The molecule has 1 saturated heterocycles. The van der Waals surface area contributed by atoms with Gasteiger partial charge in [0.25, 0.3) is 5.91 Å². The Kier molecular flexibility index (Phi) is 21.5. The van der Waals surface area contributed by atoms with E-state index in [0.29, 0.717) is 88.6 Å². The molecule has 380 valence electrons. The van der Waals surface area contributed by atoms with E-state index in [9.17, 15) is 34.2 Å². The Bertz CT molecular complexity index is 2190. The molecule has 2 amide bonds. The largest absolute Gasteiger partial charge is 0.549 e. The zero-order chi connectivity index (χ0) is 49.0. The molecular formula is C51H72ClGdN9O7-2. The molecule has 2 bridgehead atoms. The quantitative estimate of drug-likeness (QED) is 0.0898. The fourth-order valence-corrected chi connectivity index (χ4v) is 10.7. The molecule has 16 nitrogen and oxygen atoms in total. The maximum atomic E-state index is 13.9. The number of Topliss-reactive ketones (excluding diaryl/α,β-unsaturated/α-hetero) is 1. The Morgan fingerprint density at radius 1 is 0.812 bits per heavy atom. The maximum absolute atomic E-state index is 13.9. The molecule has 3 fully saturated rings. The van der Waals surface area contributed by atoms with Gasteiger partial charge in [-0.3, -0.25) is 38.7 Å². The van der Waals surface area contributed by atoms with Crippen LogP contribution in [0, 0.1) is 70.5 Å². The summed E-state index contributed by atoms with van der Waals surface area (Å²) in [5.41, 5.74) is 5.55. The van der Waals surface area contributed by atoms with Crippen LogP contribution in [0.25, 0.3) is 11.3 Å². The molecule has 1 aliphatic heterocycles. The number of aromatic nitrogens is 2. The van der Waals surface area contributed by atoms with E-state index in [-0.39, 0.29) is 101 Å². The number of hydrogen-bond acceptors (Lipinski definition) is 12. The zero-order valence-corrected chi connectivity index (χ0v) is 43.9. The normalized spacial score (nSPS) is 21.5. The third-order valence-electron chi connectivity index (χ3n) is 14.5. The fraction of sp³-hybridized carbons (Fsp3) is 0.588. The molecule has 1 aromatic heterocycles. The van der Waals surface area contributed by atoms with Gasteiger partial charge >= 0.3 is 5.97 Å².